The molecule has 7 nitrogen and oxygen atoms in total. The average molecular weight is 468 g/mol. The van der Waals surface area contributed by atoms with E-state index in [9.17, 15) is 0 Å². The van der Waals surface area contributed by atoms with Gasteiger partial charge in [0.1, 0.15) is 16.3 Å². The summed E-state index contributed by atoms with van der Waals surface area (Å²) in [5.74, 6) is 2.01. The van der Waals surface area contributed by atoms with Gasteiger partial charge in [0.2, 0.25) is 5.65 Å². The molecule has 3 atom stereocenters. The number of nitrogens with zero attached hydrogens (tertiary/aromatic N) is 5. The Kier molecular flexibility index (Phi) is 4.32. The van der Waals surface area contributed by atoms with E-state index in [-0.39, 0.29) is 5.41 Å². The number of thiazole rings is 1. The molecular formula is C26H25N7S. The highest BCUT2D eigenvalue weighted by molar-refractivity contribution is 7.09. The maximum Gasteiger partial charge on any atom is 0.202 e. The molecule has 3 N–H and O–H groups in total. The fourth-order valence-electron chi connectivity index (χ4n) is 6.03. The molecule has 4 heterocycles. The van der Waals surface area contributed by atoms with Crippen LogP contribution in [-0.4, -0.2) is 44.8 Å². The highest BCUT2D eigenvalue weighted by atomic mass is 32.1. The molecule has 0 amide bonds. The zero-order chi connectivity index (χ0) is 22.9. The lowest BCUT2D eigenvalue weighted by Crippen LogP contribution is -2.32. The van der Waals surface area contributed by atoms with Crippen molar-refractivity contribution in [3.05, 3.63) is 64.7 Å². The lowest BCUT2D eigenvalue weighted by Gasteiger charge is -2.26. The van der Waals surface area contributed by atoms with Gasteiger partial charge in [-0.3, -0.25) is 5.10 Å². The van der Waals surface area contributed by atoms with Gasteiger partial charge in [0.15, 0.2) is 0 Å². The fraction of sp³-hybridized carbons (Fsp3) is 0.308. The van der Waals surface area contributed by atoms with Crippen molar-refractivity contribution in [3.8, 4) is 11.3 Å². The van der Waals surface area contributed by atoms with Crippen molar-refractivity contribution in [2.24, 2.45) is 17.6 Å². The third kappa shape index (κ3) is 2.78. The van der Waals surface area contributed by atoms with E-state index >= 15 is 0 Å². The lowest BCUT2D eigenvalue weighted by atomic mass is 10.0. The Balaban J connectivity index is 1.20. The number of nitrogens with two attached hydrogens (primary N) is 1. The Bertz CT molecular complexity index is 1530. The standard InChI is InChI=1S/C26H25N7S/c1-15-13-34-25(29-15)26(14-27)19-9-10-33(12-20(19)26)21-11-28-23-22(31-32-24(23)30-21)18-8-4-6-16-5-2-3-7-17(16)18/h2-8,11,13,19-20H,9-10,12,14,27H2,1H3,(H,30,31,32). The van der Waals surface area contributed by atoms with Crippen molar-refractivity contribution in [2.75, 3.05) is 24.5 Å². The summed E-state index contributed by atoms with van der Waals surface area (Å²) >= 11 is 1.76. The highest BCUT2D eigenvalue weighted by Crippen LogP contribution is 2.63. The van der Waals surface area contributed by atoms with Crippen molar-refractivity contribution in [3.63, 3.8) is 0 Å². The zero-order valence-electron chi connectivity index (χ0n) is 18.9. The van der Waals surface area contributed by atoms with E-state index in [1.807, 2.05) is 6.20 Å². The summed E-state index contributed by atoms with van der Waals surface area (Å²) in [5.41, 5.74) is 10.9. The molecule has 2 fully saturated rings. The third-order valence-corrected chi connectivity index (χ3v) is 8.97. The van der Waals surface area contributed by atoms with Gasteiger partial charge < -0.3 is 10.6 Å². The number of nitrogens with one attached hydrogen (secondary N) is 1. The molecule has 0 radical (unpaired) electrons. The van der Waals surface area contributed by atoms with E-state index in [1.54, 1.807) is 11.3 Å². The molecule has 8 heteroatoms. The van der Waals surface area contributed by atoms with Crippen molar-refractivity contribution >= 4 is 39.1 Å². The summed E-state index contributed by atoms with van der Waals surface area (Å²) in [5, 5.41) is 13.4. The second-order valence-corrected chi connectivity index (χ2v) is 10.4. The van der Waals surface area contributed by atoms with Crippen LogP contribution in [0.1, 0.15) is 17.1 Å². The lowest BCUT2D eigenvalue weighted by molar-refractivity contribution is 0.545. The second-order valence-electron chi connectivity index (χ2n) is 9.51. The smallest absolute Gasteiger partial charge is 0.202 e. The van der Waals surface area contributed by atoms with Gasteiger partial charge in [-0.2, -0.15) is 5.10 Å². The van der Waals surface area contributed by atoms with Crippen LogP contribution < -0.4 is 10.6 Å². The van der Waals surface area contributed by atoms with Crippen LogP contribution in [0.4, 0.5) is 5.82 Å². The molecule has 34 heavy (non-hydrogen) atoms. The summed E-state index contributed by atoms with van der Waals surface area (Å²) in [6.45, 7) is 4.60. The predicted octanol–water partition coefficient (Wildman–Crippen LogP) is 4.29. The molecule has 2 aliphatic rings. The van der Waals surface area contributed by atoms with Crippen LogP contribution in [0, 0.1) is 18.8 Å². The molecule has 2 aromatic carbocycles. The Hall–Kier alpha value is -3.36. The van der Waals surface area contributed by atoms with Gasteiger partial charge in [0.25, 0.3) is 0 Å². The Morgan fingerprint density at radius 3 is 2.88 bits per heavy atom. The summed E-state index contributed by atoms with van der Waals surface area (Å²) in [4.78, 5) is 16.9. The first kappa shape index (κ1) is 20.1. The minimum absolute atomic E-state index is 0.0269. The van der Waals surface area contributed by atoms with Gasteiger partial charge >= 0.3 is 0 Å². The molecule has 3 unspecified atom stereocenters. The van der Waals surface area contributed by atoms with E-state index in [4.69, 9.17) is 20.7 Å². The number of H-pyrrole nitrogens is 1. The molecule has 1 saturated carbocycles. The Morgan fingerprint density at radius 1 is 1.15 bits per heavy atom. The van der Waals surface area contributed by atoms with E-state index < -0.39 is 0 Å². The maximum atomic E-state index is 6.33. The first-order chi connectivity index (χ1) is 16.7. The van der Waals surface area contributed by atoms with Crippen LogP contribution in [0.2, 0.25) is 0 Å². The number of fused-ring (bicyclic) bond motifs is 3. The van der Waals surface area contributed by atoms with Crippen LogP contribution in [0.25, 0.3) is 33.2 Å². The van der Waals surface area contributed by atoms with Gasteiger partial charge in [-0.1, -0.05) is 42.5 Å². The number of aryl methyl sites for hydroxylation is 1. The number of benzene rings is 2. The van der Waals surface area contributed by atoms with E-state index in [2.05, 4.69) is 69.9 Å². The molecule has 5 aromatic rings. The Labute approximate surface area is 201 Å². The summed E-state index contributed by atoms with van der Waals surface area (Å²) in [7, 11) is 0. The normalized spacial score (nSPS) is 24.0. The van der Waals surface area contributed by atoms with Crippen LogP contribution in [0.5, 0.6) is 0 Å². The fourth-order valence-corrected chi connectivity index (χ4v) is 7.17. The van der Waals surface area contributed by atoms with Crippen molar-refractivity contribution in [1.82, 2.24) is 25.1 Å². The molecule has 0 bridgehead atoms. The zero-order valence-corrected chi connectivity index (χ0v) is 19.7. The quantitative estimate of drug-likeness (QED) is 0.409. The SMILES string of the molecule is Cc1csc(C2(CN)C3CCN(c4cnc5c(-c6cccc7ccccc67)[nH]nc5n4)CC32)n1. The average Bonchev–Trinajstić information content (AvgIpc) is 3.12. The van der Waals surface area contributed by atoms with Gasteiger partial charge in [0, 0.05) is 41.7 Å². The van der Waals surface area contributed by atoms with Crippen molar-refractivity contribution in [2.45, 2.75) is 18.8 Å². The largest absolute Gasteiger partial charge is 0.355 e. The molecular weight excluding hydrogens is 442 g/mol. The molecule has 1 saturated heterocycles. The third-order valence-electron chi connectivity index (χ3n) is 7.82. The molecule has 1 aliphatic carbocycles. The first-order valence-electron chi connectivity index (χ1n) is 11.8. The highest BCUT2D eigenvalue weighted by Gasteiger charge is 2.67. The van der Waals surface area contributed by atoms with Crippen LogP contribution in [0.15, 0.2) is 54.0 Å². The first-order valence-corrected chi connectivity index (χ1v) is 12.6. The predicted molar refractivity (Wildman–Crippen MR) is 136 cm³/mol. The number of aromatic nitrogens is 5. The number of hydrogen-bond acceptors (Lipinski definition) is 7. The van der Waals surface area contributed by atoms with E-state index in [0.717, 1.165) is 47.8 Å². The van der Waals surface area contributed by atoms with Crippen LogP contribution in [-0.2, 0) is 5.41 Å². The topological polar surface area (TPSA) is 96.6 Å². The van der Waals surface area contributed by atoms with Crippen molar-refractivity contribution in [1.29, 1.82) is 0 Å². The summed E-state index contributed by atoms with van der Waals surface area (Å²) in [6.07, 6.45) is 2.99. The van der Waals surface area contributed by atoms with Gasteiger partial charge in [-0.05, 0) is 36.0 Å². The Morgan fingerprint density at radius 2 is 2.03 bits per heavy atom. The number of hydrogen-bond donors (Lipinski definition) is 2. The number of piperidine rings is 1. The molecule has 1 aliphatic heterocycles. The maximum absolute atomic E-state index is 6.33. The van der Waals surface area contributed by atoms with E-state index in [0.29, 0.717) is 24.0 Å². The molecule has 170 valence electrons. The van der Waals surface area contributed by atoms with E-state index in [1.165, 1.54) is 15.8 Å². The van der Waals surface area contributed by atoms with Gasteiger partial charge in [-0.25, -0.2) is 15.0 Å². The number of aromatic amines is 1. The summed E-state index contributed by atoms with van der Waals surface area (Å²) in [6, 6.07) is 14.7. The molecule has 3 aromatic heterocycles. The summed E-state index contributed by atoms with van der Waals surface area (Å²) < 4.78 is 0. The minimum atomic E-state index is 0.0269. The van der Waals surface area contributed by atoms with Crippen LogP contribution in [0.3, 0.4) is 0 Å². The molecule has 0 spiro atoms. The van der Waals surface area contributed by atoms with Crippen molar-refractivity contribution < 1.29 is 0 Å². The van der Waals surface area contributed by atoms with Gasteiger partial charge in [-0.15, -0.1) is 11.3 Å². The van der Waals surface area contributed by atoms with Gasteiger partial charge in [0.05, 0.1) is 11.9 Å². The monoisotopic (exact) mass is 467 g/mol. The molecule has 7 rings (SSSR count). The minimum Gasteiger partial charge on any atom is -0.355 e. The van der Waals surface area contributed by atoms with Crippen LogP contribution >= 0.6 is 11.3 Å². The number of anilines is 1. The number of rotatable bonds is 4. The second kappa shape index (κ2) is 7.32.